The van der Waals surface area contributed by atoms with Crippen molar-refractivity contribution >= 4 is 23.5 Å². The number of amides is 2. The van der Waals surface area contributed by atoms with Crippen LogP contribution in [0.25, 0.3) is 0 Å². The highest BCUT2D eigenvalue weighted by Crippen LogP contribution is 2.50. The van der Waals surface area contributed by atoms with Gasteiger partial charge in [0.2, 0.25) is 11.8 Å². The molecule has 2 aliphatic rings. The summed E-state index contributed by atoms with van der Waals surface area (Å²) in [7, 11) is 5.40. The van der Waals surface area contributed by atoms with Gasteiger partial charge in [-0.1, -0.05) is 19.1 Å². The molecule has 0 spiro atoms. The van der Waals surface area contributed by atoms with Gasteiger partial charge in [0, 0.05) is 32.9 Å². The average molecular weight is 373 g/mol. The van der Waals surface area contributed by atoms with Crippen molar-refractivity contribution in [2.75, 3.05) is 32.6 Å². The van der Waals surface area contributed by atoms with Crippen molar-refractivity contribution in [1.82, 2.24) is 10.2 Å². The first-order chi connectivity index (χ1) is 12.8. The van der Waals surface area contributed by atoms with Gasteiger partial charge < -0.3 is 9.64 Å². The summed E-state index contributed by atoms with van der Waals surface area (Å²) in [5, 5.41) is 3.33. The van der Waals surface area contributed by atoms with Crippen molar-refractivity contribution in [3.8, 4) is 0 Å². The van der Waals surface area contributed by atoms with Gasteiger partial charge in [0.15, 0.2) is 0 Å². The minimum absolute atomic E-state index is 0.222. The zero-order valence-corrected chi connectivity index (χ0v) is 16.5. The minimum atomic E-state index is -1.19. The van der Waals surface area contributed by atoms with Crippen molar-refractivity contribution in [2.45, 2.75) is 31.8 Å². The Balaban J connectivity index is 2.06. The molecule has 0 aromatic heterocycles. The molecule has 2 amide bonds. The number of esters is 1. The largest absolute Gasteiger partial charge is 0.465 e. The summed E-state index contributed by atoms with van der Waals surface area (Å²) in [6.45, 7) is 3.80. The fourth-order valence-corrected chi connectivity index (χ4v) is 4.33. The third-order valence-electron chi connectivity index (χ3n) is 5.84. The second-order valence-electron chi connectivity index (χ2n) is 7.39. The van der Waals surface area contributed by atoms with Crippen LogP contribution >= 0.6 is 0 Å². The van der Waals surface area contributed by atoms with E-state index in [1.165, 1.54) is 7.05 Å². The van der Waals surface area contributed by atoms with Gasteiger partial charge in [0.1, 0.15) is 5.54 Å². The van der Waals surface area contributed by atoms with E-state index >= 15 is 0 Å². The van der Waals surface area contributed by atoms with Crippen LogP contribution in [-0.4, -0.2) is 56.0 Å². The number of benzene rings is 1. The number of carbonyl (C=O) groups is 3. The number of ether oxygens (including phenoxy) is 1. The highest BCUT2D eigenvalue weighted by Gasteiger charge is 2.67. The van der Waals surface area contributed by atoms with Crippen molar-refractivity contribution in [2.24, 2.45) is 11.8 Å². The van der Waals surface area contributed by atoms with Gasteiger partial charge in [-0.3, -0.25) is 24.6 Å². The summed E-state index contributed by atoms with van der Waals surface area (Å²) >= 11 is 0. The molecule has 1 aromatic rings. The summed E-state index contributed by atoms with van der Waals surface area (Å²) in [4.78, 5) is 41.7. The zero-order valence-electron chi connectivity index (χ0n) is 16.5. The maximum absolute atomic E-state index is 12.9. The fraction of sp³-hybridized carbons (Fsp3) is 0.550. The average Bonchev–Trinajstić information content (AvgIpc) is 3.12. The predicted octanol–water partition coefficient (Wildman–Crippen LogP) is 1.34. The number of fused-ring (bicyclic) bond motifs is 1. The number of carbonyl (C=O) groups excluding carboxylic acids is 3. The van der Waals surface area contributed by atoms with Crippen LogP contribution in [0.5, 0.6) is 0 Å². The normalized spacial score (nSPS) is 29.8. The summed E-state index contributed by atoms with van der Waals surface area (Å²) in [6, 6.07) is 7.39. The SMILES string of the molecule is CCOC(=O)[C@]1(CC)N[C@@H](c2ccc(N(C)C)cc2)[C@H]2C(=O)N(C)C(=O)[C@H]21. The maximum atomic E-state index is 12.9. The summed E-state index contributed by atoms with van der Waals surface area (Å²) in [5.41, 5.74) is 0.723. The lowest BCUT2D eigenvalue weighted by Gasteiger charge is -2.31. The number of hydrogen-bond donors (Lipinski definition) is 1. The van der Waals surface area contributed by atoms with Gasteiger partial charge in [-0.05, 0) is 31.0 Å². The summed E-state index contributed by atoms with van der Waals surface area (Å²) in [5.74, 6) is -2.40. The molecule has 4 atom stereocenters. The third kappa shape index (κ3) is 2.81. The van der Waals surface area contributed by atoms with Crippen LogP contribution in [0.2, 0.25) is 0 Å². The summed E-state index contributed by atoms with van der Waals surface area (Å²) in [6.07, 6.45) is 0.367. The molecular formula is C20H27N3O4. The third-order valence-corrected chi connectivity index (χ3v) is 5.84. The minimum Gasteiger partial charge on any atom is -0.465 e. The van der Waals surface area contributed by atoms with Crippen LogP contribution in [0, 0.1) is 11.8 Å². The Hall–Kier alpha value is -2.41. The molecule has 1 aromatic carbocycles. The van der Waals surface area contributed by atoms with E-state index in [0.29, 0.717) is 6.42 Å². The van der Waals surface area contributed by atoms with E-state index in [1.807, 2.05) is 50.2 Å². The van der Waals surface area contributed by atoms with E-state index in [0.717, 1.165) is 16.2 Å². The van der Waals surface area contributed by atoms with Gasteiger partial charge in [0.25, 0.3) is 0 Å². The number of nitrogens with zero attached hydrogens (tertiary/aromatic N) is 2. The van der Waals surface area contributed by atoms with Gasteiger partial charge in [-0.2, -0.15) is 0 Å². The Morgan fingerprint density at radius 3 is 2.33 bits per heavy atom. The molecule has 0 aliphatic carbocycles. The van der Waals surface area contributed by atoms with Crippen molar-refractivity contribution in [3.05, 3.63) is 29.8 Å². The number of likely N-dealkylation sites (tertiary alicyclic amines) is 1. The molecule has 0 saturated carbocycles. The first-order valence-corrected chi connectivity index (χ1v) is 9.32. The molecule has 0 unspecified atom stereocenters. The molecular weight excluding hydrogens is 346 g/mol. The van der Waals surface area contributed by atoms with E-state index in [1.54, 1.807) is 6.92 Å². The first-order valence-electron chi connectivity index (χ1n) is 9.32. The number of imide groups is 1. The Morgan fingerprint density at radius 1 is 1.19 bits per heavy atom. The van der Waals surface area contributed by atoms with E-state index in [9.17, 15) is 14.4 Å². The van der Waals surface area contributed by atoms with Crippen LogP contribution in [0.4, 0.5) is 5.69 Å². The fourth-order valence-electron chi connectivity index (χ4n) is 4.33. The Labute approximate surface area is 159 Å². The molecule has 0 radical (unpaired) electrons. The molecule has 7 nitrogen and oxygen atoms in total. The van der Waals surface area contributed by atoms with Crippen LogP contribution in [0.15, 0.2) is 24.3 Å². The Morgan fingerprint density at radius 2 is 1.81 bits per heavy atom. The monoisotopic (exact) mass is 373 g/mol. The Bertz CT molecular complexity index is 761. The van der Waals surface area contributed by atoms with Gasteiger partial charge >= 0.3 is 5.97 Å². The van der Waals surface area contributed by atoms with E-state index in [4.69, 9.17) is 4.74 Å². The highest BCUT2D eigenvalue weighted by atomic mass is 16.5. The van der Waals surface area contributed by atoms with Crippen molar-refractivity contribution in [3.63, 3.8) is 0 Å². The van der Waals surface area contributed by atoms with E-state index < -0.39 is 29.4 Å². The molecule has 27 heavy (non-hydrogen) atoms. The van der Waals surface area contributed by atoms with Crippen LogP contribution in [0.3, 0.4) is 0 Å². The highest BCUT2D eigenvalue weighted by molar-refractivity contribution is 6.09. The second-order valence-corrected chi connectivity index (χ2v) is 7.39. The van der Waals surface area contributed by atoms with Gasteiger partial charge in [0.05, 0.1) is 18.4 Å². The molecule has 2 aliphatic heterocycles. The molecule has 146 valence electrons. The maximum Gasteiger partial charge on any atom is 0.327 e. The zero-order chi connectivity index (χ0) is 19.9. The number of rotatable bonds is 5. The van der Waals surface area contributed by atoms with Gasteiger partial charge in [-0.25, -0.2) is 0 Å². The molecule has 0 bridgehead atoms. The predicted molar refractivity (Wildman–Crippen MR) is 101 cm³/mol. The lowest BCUT2D eigenvalue weighted by atomic mass is 9.78. The van der Waals surface area contributed by atoms with Crippen LogP contribution in [-0.2, 0) is 19.1 Å². The second kappa shape index (κ2) is 6.96. The number of anilines is 1. The molecule has 3 rings (SSSR count). The molecule has 2 saturated heterocycles. The number of hydrogen-bond acceptors (Lipinski definition) is 6. The standard InChI is InChI=1S/C20H27N3O4/c1-6-20(19(26)27-7-2)15-14(17(24)23(5)18(15)25)16(21-20)12-8-10-13(11-9-12)22(3)4/h8-11,14-16,21H,6-7H2,1-5H3/t14-,15-,16-,20+/m0/s1. The van der Waals surface area contributed by atoms with Crippen LogP contribution in [0.1, 0.15) is 31.9 Å². The van der Waals surface area contributed by atoms with Gasteiger partial charge in [-0.15, -0.1) is 0 Å². The number of nitrogens with one attached hydrogen (secondary N) is 1. The molecule has 7 heteroatoms. The van der Waals surface area contributed by atoms with E-state index in [-0.39, 0.29) is 18.4 Å². The molecule has 1 N–H and O–H groups in total. The first kappa shape index (κ1) is 19.4. The lowest BCUT2D eigenvalue weighted by Crippen LogP contribution is -2.55. The van der Waals surface area contributed by atoms with Crippen LogP contribution < -0.4 is 10.2 Å². The van der Waals surface area contributed by atoms with Crippen molar-refractivity contribution in [1.29, 1.82) is 0 Å². The van der Waals surface area contributed by atoms with Crippen molar-refractivity contribution < 1.29 is 19.1 Å². The quantitative estimate of drug-likeness (QED) is 0.620. The topological polar surface area (TPSA) is 79.0 Å². The summed E-state index contributed by atoms with van der Waals surface area (Å²) < 4.78 is 5.29. The molecule has 2 fully saturated rings. The molecule has 2 heterocycles. The lowest BCUT2D eigenvalue weighted by molar-refractivity contribution is -0.156. The Kier molecular flexibility index (Phi) is 4.99. The van der Waals surface area contributed by atoms with E-state index in [2.05, 4.69) is 5.32 Å². The smallest absolute Gasteiger partial charge is 0.327 e.